The lowest BCUT2D eigenvalue weighted by molar-refractivity contribution is 0.283. The third-order valence-corrected chi connectivity index (χ3v) is 5.51. The lowest BCUT2D eigenvalue weighted by Gasteiger charge is -2.06. The first kappa shape index (κ1) is 16.9. The highest BCUT2D eigenvalue weighted by atomic mass is 16.3. The second kappa shape index (κ2) is 6.30. The summed E-state index contributed by atoms with van der Waals surface area (Å²) in [5, 5.41) is 10.9. The zero-order chi connectivity index (χ0) is 18.4. The Kier molecular flexibility index (Phi) is 4.08. The molecule has 132 valence electrons. The summed E-state index contributed by atoms with van der Waals surface area (Å²) in [4.78, 5) is 0. The molecule has 2 nitrogen and oxygen atoms in total. The van der Waals surface area contributed by atoms with Crippen LogP contribution in [0.3, 0.4) is 0 Å². The summed E-state index contributed by atoms with van der Waals surface area (Å²) in [7, 11) is 0. The number of aliphatic hydroxyl groups is 1. The molecule has 0 saturated heterocycles. The van der Waals surface area contributed by atoms with Gasteiger partial charge in [-0.15, -0.1) is 0 Å². The van der Waals surface area contributed by atoms with E-state index in [2.05, 4.69) is 80.9 Å². The maximum Gasteiger partial charge on any atom is 0.0702 e. The van der Waals surface area contributed by atoms with E-state index < -0.39 is 0 Å². The van der Waals surface area contributed by atoms with Gasteiger partial charge in [0.1, 0.15) is 0 Å². The van der Waals surface area contributed by atoms with E-state index in [0.717, 1.165) is 16.5 Å². The van der Waals surface area contributed by atoms with Gasteiger partial charge < -0.3 is 9.67 Å². The Labute approximate surface area is 155 Å². The minimum Gasteiger partial charge on any atom is -0.392 e. The van der Waals surface area contributed by atoms with E-state index in [4.69, 9.17) is 0 Å². The summed E-state index contributed by atoms with van der Waals surface area (Å²) < 4.78 is 2.23. The van der Waals surface area contributed by atoms with Gasteiger partial charge in [0, 0.05) is 22.8 Å². The molecule has 0 amide bonds. The van der Waals surface area contributed by atoms with Gasteiger partial charge in [-0.05, 0) is 59.7 Å². The molecule has 2 heteroatoms. The van der Waals surface area contributed by atoms with E-state index in [9.17, 15) is 5.11 Å². The van der Waals surface area contributed by atoms with Crippen LogP contribution in [0.15, 0.2) is 54.7 Å². The molecular weight excluding hydrogens is 318 g/mol. The lowest BCUT2D eigenvalue weighted by atomic mass is 10.0. The molecule has 2 aliphatic carbocycles. The molecule has 4 rings (SSSR count). The van der Waals surface area contributed by atoms with Gasteiger partial charge in [-0.2, -0.15) is 0 Å². The standard InChI is InChI=1S/C24H25NO/c1-15(2)18-10-9-16(3)21-12-24(17(4)22(21)11-18)25-13-19(14-26)20-7-5-6-8-23(20)25/h5-13,15,26H,14H2,1-4H3. The summed E-state index contributed by atoms with van der Waals surface area (Å²) in [5.74, 6) is 0.496. The number of hydrogen-bond acceptors (Lipinski definition) is 1. The smallest absolute Gasteiger partial charge is 0.0702 e. The maximum atomic E-state index is 9.77. The number of benzene rings is 1. The van der Waals surface area contributed by atoms with Crippen molar-refractivity contribution in [2.75, 3.05) is 0 Å². The molecule has 26 heavy (non-hydrogen) atoms. The first-order valence-electron chi connectivity index (χ1n) is 9.25. The van der Waals surface area contributed by atoms with Gasteiger partial charge >= 0.3 is 0 Å². The van der Waals surface area contributed by atoms with Crippen molar-refractivity contribution in [3.63, 3.8) is 0 Å². The van der Waals surface area contributed by atoms with Crippen LogP contribution in [0.25, 0.3) is 27.7 Å². The Balaban J connectivity index is 2.03. The Morgan fingerprint density at radius 2 is 1.73 bits per heavy atom. The zero-order valence-electron chi connectivity index (χ0n) is 15.9. The van der Waals surface area contributed by atoms with Crippen LogP contribution in [0.5, 0.6) is 0 Å². The molecule has 1 N–H and O–H groups in total. The predicted molar refractivity (Wildman–Crippen MR) is 109 cm³/mol. The molecule has 1 aromatic carbocycles. The summed E-state index contributed by atoms with van der Waals surface area (Å²) in [5.41, 5.74) is 9.85. The highest BCUT2D eigenvalue weighted by Gasteiger charge is 2.18. The Hall–Kier alpha value is -2.58. The van der Waals surface area contributed by atoms with Crippen molar-refractivity contribution in [2.45, 2.75) is 40.2 Å². The highest BCUT2D eigenvalue weighted by molar-refractivity contribution is 5.88. The Morgan fingerprint density at radius 1 is 0.962 bits per heavy atom. The van der Waals surface area contributed by atoms with Crippen molar-refractivity contribution in [3.8, 4) is 16.8 Å². The zero-order valence-corrected chi connectivity index (χ0v) is 15.9. The number of aromatic nitrogens is 1. The molecule has 2 aliphatic rings. The van der Waals surface area contributed by atoms with Crippen LogP contribution in [-0.4, -0.2) is 9.67 Å². The van der Waals surface area contributed by atoms with Gasteiger partial charge in [-0.1, -0.05) is 50.2 Å². The molecule has 0 atom stereocenters. The van der Waals surface area contributed by atoms with Crippen molar-refractivity contribution < 1.29 is 5.11 Å². The second-order valence-corrected chi connectivity index (χ2v) is 7.50. The summed E-state index contributed by atoms with van der Waals surface area (Å²) in [6.45, 7) is 8.92. The van der Waals surface area contributed by atoms with Crippen LogP contribution < -0.4 is 0 Å². The van der Waals surface area contributed by atoms with Gasteiger partial charge in [-0.3, -0.25) is 0 Å². The monoisotopic (exact) mass is 343 g/mol. The van der Waals surface area contributed by atoms with E-state index in [-0.39, 0.29) is 6.61 Å². The van der Waals surface area contributed by atoms with Gasteiger partial charge in [0.15, 0.2) is 0 Å². The van der Waals surface area contributed by atoms with Gasteiger partial charge in [0.05, 0.1) is 12.1 Å². The van der Waals surface area contributed by atoms with E-state index in [0.29, 0.717) is 5.92 Å². The molecule has 0 bridgehead atoms. The van der Waals surface area contributed by atoms with Gasteiger partial charge in [-0.25, -0.2) is 0 Å². The van der Waals surface area contributed by atoms with Crippen LogP contribution in [0.2, 0.25) is 0 Å². The van der Waals surface area contributed by atoms with Crippen LogP contribution >= 0.6 is 0 Å². The van der Waals surface area contributed by atoms with Crippen molar-refractivity contribution in [3.05, 3.63) is 77.0 Å². The fourth-order valence-corrected chi connectivity index (χ4v) is 3.89. The number of nitrogens with zero attached hydrogens (tertiary/aromatic N) is 1. The molecule has 1 heterocycles. The number of fused-ring (bicyclic) bond motifs is 2. The highest BCUT2D eigenvalue weighted by Crippen LogP contribution is 2.38. The van der Waals surface area contributed by atoms with E-state index in [1.54, 1.807) is 0 Å². The fraction of sp³-hybridized carbons (Fsp3) is 0.250. The molecule has 0 unspecified atom stereocenters. The second-order valence-electron chi connectivity index (χ2n) is 7.50. The lowest BCUT2D eigenvalue weighted by Crippen LogP contribution is -1.92. The van der Waals surface area contributed by atoms with Crippen LogP contribution in [0.1, 0.15) is 42.0 Å². The minimum atomic E-state index is 0.0538. The summed E-state index contributed by atoms with van der Waals surface area (Å²) in [6.07, 6.45) is 2.07. The Morgan fingerprint density at radius 3 is 2.46 bits per heavy atom. The van der Waals surface area contributed by atoms with Gasteiger partial charge in [0.2, 0.25) is 0 Å². The maximum absolute atomic E-state index is 9.77. The topological polar surface area (TPSA) is 25.2 Å². The van der Waals surface area contributed by atoms with Crippen LogP contribution in [0.4, 0.5) is 0 Å². The van der Waals surface area contributed by atoms with Crippen LogP contribution in [-0.2, 0) is 6.61 Å². The summed E-state index contributed by atoms with van der Waals surface area (Å²) in [6, 6.07) is 17.4. The molecule has 0 aliphatic heterocycles. The average molecular weight is 343 g/mol. The molecule has 1 aromatic heterocycles. The van der Waals surface area contributed by atoms with E-state index in [1.165, 1.54) is 33.5 Å². The molecule has 0 spiro atoms. The van der Waals surface area contributed by atoms with Crippen molar-refractivity contribution in [1.29, 1.82) is 0 Å². The summed E-state index contributed by atoms with van der Waals surface area (Å²) >= 11 is 0. The number of hydrogen-bond donors (Lipinski definition) is 1. The average Bonchev–Trinajstić information content (AvgIpc) is 3.10. The Bertz CT molecular complexity index is 1070. The predicted octanol–water partition coefficient (Wildman–Crippen LogP) is 5.97. The fourth-order valence-electron chi connectivity index (χ4n) is 3.89. The number of para-hydroxylation sites is 1. The van der Waals surface area contributed by atoms with Crippen molar-refractivity contribution >= 4 is 10.9 Å². The minimum absolute atomic E-state index is 0.0538. The van der Waals surface area contributed by atoms with E-state index >= 15 is 0 Å². The SMILES string of the molecule is Cc1ccc(C(C)C)cc2c(C)c(-n3cc(CO)c4ccccc43)cc1-2. The quantitative estimate of drug-likeness (QED) is 0.487. The number of rotatable bonds is 3. The number of aliphatic hydroxyl groups excluding tert-OH is 1. The molecule has 0 fully saturated rings. The normalized spacial score (nSPS) is 11.8. The molecule has 0 radical (unpaired) electrons. The third kappa shape index (κ3) is 2.53. The van der Waals surface area contributed by atoms with Crippen molar-refractivity contribution in [1.82, 2.24) is 4.57 Å². The largest absolute Gasteiger partial charge is 0.392 e. The van der Waals surface area contributed by atoms with Crippen LogP contribution in [0, 0.1) is 13.8 Å². The molecular formula is C24H25NO. The molecule has 0 saturated carbocycles. The van der Waals surface area contributed by atoms with Gasteiger partial charge in [0.25, 0.3) is 0 Å². The first-order chi connectivity index (χ1) is 12.5. The van der Waals surface area contributed by atoms with E-state index in [1.807, 2.05) is 6.07 Å². The first-order valence-corrected chi connectivity index (χ1v) is 9.25. The molecule has 2 aromatic rings. The van der Waals surface area contributed by atoms with Crippen molar-refractivity contribution in [2.24, 2.45) is 0 Å². The number of aryl methyl sites for hydroxylation is 1. The third-order valence-electron chi connectivity index (χ3n) is 5.51.